The minimum absolute atomic E-state index is 0.369. The van der Waals surface area contributed by atoms with Crippen LogP contribution in [-0.2, 0) is 16.6 Å². The number of aliphatic carboxylic acids is 1. The molecule has 4 heteroatoms. The molecule has 1 unspecified atom stereocenters. The molecule has 2 rings (SSSR count). The normalized spacial score (nSPS) is 14.1. The Kier molecular flexibility index (Phi) is 3.42. The van der Waals surface area contributed by atoms with Gasteiger partial charge in [-0.15, -0.1) is 0 Å². The molecular weight excluding hydrogens is 242 g/mol. The SMILES string of the molecule is Cc1noc(C)c1CC(C)(C(=O)O)c1ccccc1. The van der Waals surface area contributed by atoms with Crippen LogP contribution in [0.2, 0.25) is 0 Å². The van der Waals surface area contributed by atoms with Gasteiger partial charge >= 0.3 is 5.97 Å². The molecule has 0 saturated carbocycles. The Balaban J connectivity index is 2.45. The molecule has 1 heterocycles. The van der Waals surface area contributed by atoms with Gasteiger partial charge in [0.05, 0.1) is 11.1 Å². The van der Waals surface area contributed by atoms with E-state index in [1.807, 2.05) is 44.2 Å². The Hall–Kier alpha value is -2.10. The van der Waals surface area contributed by atoms with Crippen molar-refractivity contribution in [3.63, 3.8) is 0 Å². The van der Waals surface area contributed by atoms with Crippen molar-refractivity contribution in [3.05, 3.63) is 52.9 Å². The highest BCUT2D eigenvalue weighted by Gasteiger charge is 2.37. The number of carboxylic acids is 1. The fourth-order valence-corrected chi connectivity index (χ4v) is 2.21. The Bertz CT molecular complexity index is 569. The summed E-state index contributed by atoms with van der Waals surface area (Å²) in [6, 6.07) is 9.26. The van der Waals surface area contributed by atoms with Crippen LogP contribution in [0.25, 0.3) is 0 Å². The van der Waals surface area contributed by atoms with Crippen LogP contribution in [-0.4, -0.2) is 16.2 Å². The van der Waals surface area contributed by atoms with E-state index in [9.17, 15) is 9.90 Å². The lowest BCUT2D eigenvalue weighted by atomic mass is 9.77. The number of hydrogen-bond donors (Lipinski definition) is 1. The van der Waals surface area contributed by atoms with Crippen molar-refractivity contribution in [2.24, 2.45) is 0 Å². The zero-order valence-electron chi connectivity index (χ0n) is 11.3. The van der Waals surface area contributed by atoms with E-state index in [1.54, 1.807) is 6.92 Å². The lowest BCUT2D eigenvalue weighted by Crippen LogP contribution is -2.35. The van der Waals surface area contributed by atoms with Gasteiger partial charge in [0.2, 0.25) is 0 Å². The summed E-state index contributed by atoms with van der Waals surface area (Å²) in [6.45, 7) is 5.37. The van der Waals surface area contributed by atoms with E-state index >= 15 is 0 Å². The van der Waals surface area contributed by atoms with Crippen LogP contribution in [0.15, 0.2) is 34.9 Å². The molecule has 1 N–H and O–H groups in total. The first-order valence-electron chi connectivity index (χ1n) is 6.16. The minimum Gasteiger partial charge on any atom is -0.481 e. The van der Waals surface area contributed by atoms with Crippen molar-refractivity contribution in [3.8, 4) is 0 Å². The third-order valence-electron chi connectivity index (χ3n) is 3.59. The first kappa shape index (κ1) is 13.3. The molecule has 0 amide bonds. The molecule has 1 atom stereocenters. The average molecular weight is 259 g/mol. The molecule has 100 valence electrons. The van der Waals surface area contributed by atoms with E-state index in [2.05, 4.69) is 5.16 Å². The second kappa shape index (κ2) is 4.88. The summed E-state index contributed by atoms with van der Waals surface area (Å²) < 4.78 is 5.11. The third-order valence-corrected chi connectivity index (χ3v) is 3.59. The standard InChI is InChI=1S/C15H17NO3/c1-10-13(11(2)19-16-10)9-15(3,14(17)18)12-7-5-4-6-8-12/h4-8H,9H2,1-3H3,(H,17,18). The molecule has 1 aromatic heterocycles. The zero-order chi connectivity index (χ0) is 14.0. The summed E-state index contributed by atoms with van der Waals surface area (Å²) in [7, 11) is 0. The van der Waals surface area contributed by atoms with Crippen LogP contribution in [0.1, 0.15) is 29.5 Å². The monoisotopic (exact) mass is 259 g/mol. The summed E-state index contributed by atoms with van der Waals surface area (Å²) >= 11 is 0. The summed E-state index contributed by atoms with van der Waals surface area (Å²) in [6.07, 6.45) is 0.369. The highest BCUT2D eigenvalue weighted by molar-refractivity contribution is 5.81. The fraction of sp³-hybridized carbons (Fsp3) is 0.333. The number of benzene rings is 1. The largest absolute Gasteiger partial charge is 0.481 e. The van der Waals surface area contributed by atoms with Crippen LogP contribution in [0.3, 0.4) is 0 Å². The predicted molar refractivity (Wildman–Crippen MR) is 71.1 cm³/mol. The van der Waals surface area contributed by atoms with Gasteiger partial charge in [0.1, 0.15) is 5.76 Å². The van der Waals surface area contributed by atoms with E-state index in [4.69, 9.17) is 4.52 Å². The second-order valence-electron chi connectivity index (χ2n) is 4.98. The zero-order valence-corrected chi connectivity index (χ0v) is 11.3. The van der Waals surface area contributed by atoms with Gasteiger partial charge < -0.3 is 9.63 Å². The maximum Gasteiger partial charge on any atom is 0.314 e. The van der Waals surface area contributed by atoms with Crippen LogP contribution >= 0.6 is 0 Å². The maximum atomic E-state index is 11.7. The van der Waals surface area contributed by atoms with Crippen molar-refractivity contribution in [2.75, 3.05) is 0 Å². The quantitative estimate of drug-likeness (QED) is 0.917. The smallest absolute Gasteiger partial charge is 0.314 e. The Morgan fingerprint density at radius 2 is 1.95 bits per heavy atom. The summed E-state index contributed by atoms with van der Waals surface area (Å²) in [5.41, 5.74) is 1.42. The number of nitrogens with zero attached hydrogens (tertiary/aromatic N) is 1. The molecule has 4 nitrogen and oxygen atoms in total. The van der Waals surface area contributed by atoms with E-state index in [0.717, 1.165) is 16.8 Å². The summed E-state index contributed by atoms with van der Waals surface area (Å²) in [4.78, 5) is 11.7. The molecule has 19 heavy (non-hydrogen) atoms. The molecule has 0 radical (unpaired) electrons. The van der Waals surface area contributed by atoms with Crippen molar-refractivity contribution >= 4 is 5.97 Å². The molecule has 0 bridgehead atoms. The van der Waals surface area contributed by atoms with E-state index < -0.39 is 11.4 Å². The third kappa shape index (κ3) is 2.38. The molecular formula is C15H17NO3. The summed E-state index contributed by atoms with van der Waals surface area (Å²) in [5, 5.41) is 13.5. The van der Waals surface area contributed by atoms with Crippen LogP contribution in [0, 0.1) is 13.8 Å². The molecule has 0 aliphatic heterocycles. The van der Waals surface area contributed by atoms with Gasteiger partial charge in [-0.25, -0.2) is 0 Å². The van der Waals surface area contributed by atoms with Crippen molar-refractivity contribution < 1.29 is 14.4 Å². The molecule has 0 spiro atoms. The van der Waals surface area contributed by atoms with Gasteiger partial charge in [-0.2, -0.15) is 0 Å². The molecule has 0 aliphatic rings. The number of rotatable bonds is 4. The first-order valence-corrected chi connectivity index (χ1v) is 6.16. The van der Waals surface area contributed by atoms with Crippen molar-refractivity contribution in [1.29, 1.82) is 0 Å². The Morgan fingerprint density at radius 3 is 2.42 bits per heavy atom. The molecule has 0 fully saturated rings. The fourth-order valence-electron chi connectivity index (χ4n) is 2.21. The Morgan fingerprint density at radius 1 is 1.32 bits per heavy atom. The van der Waals surface area contributed by atoms with E-state index in [0.29, 0.717) is 12.2 Å². The van der Waals surface area contributed by atoms with Crippen LogP contribution < -0.4 is 0 Å². The minimum atomic E-state index is -0.984. The van der Waals surface area contributed by atoms with Crippen molar-refractivity contribution in [2.45, 2.75) is 32.6 Å². The number of carboxylic acid groups (broad SMARTS) is 1. The molecule has 2 aromatic rings. The number of aryl methyl sites for hydroxylation is 2. The maximum absolute atomic E-state index is 11.7. The topological polar surface area (TPSA) is 63.3 Å². The second-order valence-corrected chi connectivity index (χ2v) is 4.98. The van der Waals surface area contributed by atoms with Gasteiger partial charge in [-0.1, -0.05) is 35.5 Å². The van der Waals surface area contributed by atoms with Gasteiger partial charge in [-0.3, -0.25) is 4.79 Å². The Labute approximate surface area is 112 Å². The molecule has 0 saturated heterocycles. The number of aromatic nitrogens is 1. The van der Waals surface area contributed by atoms with Gasteiger partial charge in [0.15, 0.2) is 0 Å². The molecule has 1 aromatic carbocycles. The van der Waals surface area contributed by atoms with Gasteiger partial charge in [0, 0.05) is 5.56 Å². The predicted octanol–water partition coefficient (Wildman–Crippen LogP) is 2.88. The average Bonchev–Trinajstić information content (AvgIpc) is 2.71. The number of hydrogen-bond acceptors (Lipinski definition) is 3. The van der Waals surface area contributed by atoms with Gasteiger partial charge in [0.25, 0.3) is 0 Å². The van der Waals surface area contributed by atoms with E-state index in [1.165, 1.54) is 0 Å². The lowest BCUT2D eigenvalue weighted by Gasteiger charge is -2.25. The first-order chi connectivity index (χ1) is 8.95. The van der Waals surface area contributed by atoms with Crippen LogP contribution in [0.5, 0.6) is 0 Å². The lowest BCUT2D eigenvalue weighted by molar-refractivity contribution is -0.143. The van der Waals surface area contributed by atoms with Crippen LogP contribution in [0.4, 0.5) is 0 Å². The van der Waals surface area contributed by atoms with E-state index in [-0.39, 0.29) is 0 Å². The number of carbonyl (C=O) groups is 1. The highest BCUT2D eigenvalue weighted by Crippen LogP contribution is 2.30. The van der Waals surface area contributed by atoms with Gasteiger partial charge in [-0.05, 0) is 32.8 Å². The van der Waals surface area contributed by atoms with Crippen molar-refractivity contribution in [1.82, 2.24) is 5.16 Å². The highest BCUT2D eigenvalue weighted by atomic mass is 16.5. The summed E-state index contributed by atoms with van der Waals surface area (Å²) in [5.74, 6) is -0.167. The molecule has 0 aliphatic carbocycles.